The van der Waals surface area contributed by atoms with Crippen LogP contribution in [0.1, 0.15) is 31.2 Å². The van der Waals surface area contributed by atoms with Gasteiger partial charge in [-0.3, -0.25) is 4.90 Å². The second-order valence-corrected chi connectivity index (χ2v) is 6.64. The lowest BCUT2D eigenvalue weighted by molar-refractivity contribution is -0.0947. The van der Waals surface area contributed by atoms with Gasteiger partial charge >= 0.3 is 0 Å². The highest BCUT2D eigenvalue weighted by molar-refractivity contribution is 6.31. The molecule has 3 atom stereocenters. The zero-order valence-electron chi connectivity index (χ0n) is 12.8. The van der Waals surface area contributed by atoms with E-state index in [9.17, 15) is 0 Å². The van der Waals surface area contributed by atoms with E-state index < -0.39 is 0 Å². The van der Waals surface area contributed by atoms with Gasteiger partial charge in [0, 0.05) is 38.4 Å². The third-order valence-electron chi connectivity index (χ3n) is 5.32. The first-order valence-electron chi connectivity index (χ1n) is 7.74. The van der Waals surface area contributed by atoms with Crippen LogP contribution in [0.2, 0.25) is 5.02 Å². The molecular weight excluding hydrogens is 286 g/mol. The maximum atomic E-state index is 6.32. The van der Waals surface area contributed by atoms with Crippen LogP contribution < -0.4 is 0 Å². The number of fused-ring (bicyclic) bond motifs is 1. The fourth-order valence-corrected chi connectivity index (χ4v) is 4.20. The molecule has 3 rings (SSSR count). The molecule has 0 amide bonds. The average Bonchev–Trinajstić information content (AvgIpc) is 2.88. The quantitative estimate of drug-likeness (QED) is 0.849. The molecule has 1 saturated heterocycles. The Morgan fingerprint density at radius 2 is 2.10 bits per heavy atom. The lowest BCUT2D eigenvalue weighted by Gasteiger charge is -2.43. The number of likely N-dealkylation sites (tertiary alicyclic amines) is 1. The van der Waals surface area contributed by atoms with Crippen molar-refractivity contribution < 1.29 is 9.47 Å². The lowest BCUT2D eigenvalue weighted by Crippen LogP contribution is -2.51. The molecule has 21 heavy (non-hydrogen) atoms. The first kappa shape index (κ1) is 15.3. The molecule has 0 N–H and O–H groups in total. The Labute approximate surface area is 132 Å². The van der Waals surface area contributed by atoms with Crippen molar-refractivity contribution in [3.8, 4) is 0 Å². The second kappa shape index (κ2) is 6.25. The minimum absolute atomic E-state index is 0.0102. The molecule has 0 aromatic heterocycles. The topological polar surface area (TPSA) is 21.7 Å². The van der Waals surface area contributed by atoms with Crippen molar-refractivity contribution in [2.24, 2.45) is 0 Å². The number of methoxy groups -OCH3 is 2. The van der Waals surface area contributed by atoms with Gasteiger partial charge < -0.3 is 9.47 Å². The molecule has 1 heterocycles. The van der Waals surface area contributed by atoms with Crippen LogP contribution in [0.25, 0.3) is 0 Å². The highest BCUT2D eigenvalue weighted by Gasteiger charge is 2.50. The summed E-state index contributed by atoms with van der Waals surface area (Å²) in [7, 11) is 3.68. The van der Waals surface area contributed by atoms with Gasteiger partial charge in [0.25, 0.3) is 0 Å². The fourth-order valence-electron chi connectivity index (χ4n) is 4.00. The third kappa shape index (κ3) is 2.85. The Hall–Kier alpha value is -0.610. The number of ether oxygens (including phenoxy) is 2. The van der Waals surface area contributed by atoms with Gasteiger partial charge in [0.1, 0.15) is 0 Å². The van der Waals surface area contributed by atoms with Crippen LogP contribution in [0.15, 0.2) is 24.3 Å². The van der Waals surface area contributed by atoms with Gasteiger partial charge in [-0.25, -0.2) is 0 Å². The highest BCUT2D eigenvalue weighted by atomic mass is 35.5. The zero-order valence-corrected chi connectivity index (χ0v) is 13.6. The van der Waals surface area contributed by atoms with Crippen molar-refractivity contribution in [1.82, 2.24) is 4.90 Å². The van der Waals surface area contributed by atoms with E-state index in [1.54, 1.807) is 0 Å². The summed E-state index contributed by atoms with van der Waals surface area (Å²) in [6.07, 6.45) is 4.70. The largest absolute Gasteiger partial charge is 0.381 e. The number of rotatable bonds is 4. The van der Waals surface area contributed by atoms with Gasteiger partial charge in [-0.2, -0.15) is 0 Å². The summed E-state index contributed by atoms with van der Waals surface area (Å²) in [5, 5.41) is 0.853. The summed E-state index contributed by atoms with van der Waals surface area (Å²) in [5.41, 5.74) is 1.21. The summed E-state index contributed by atoms with van der Waals surface area (Å²) in [5.74, 6) is 0. The van der Waals surface area contributed by atoms with Crippen LogP contribution in [0.3, 0.4) is 0 Å². The first-order valence-corrected chi connectivity index (χ1v) is 8.12. The van der Waals surface area contributed by atoms with E-state index in [2.05, 4.69) is 17.0 Å². The monoisotopic (exact) mass is 309 g/mol. The van der Waals surface area contributed by atoms with Crippen molar-refractivity contribution in [3.05, 3.63) is 34.9 Å². The number of benzene rings is 1. The molecule has 3 nitrogen and oxygen atoms in total. The molecule has 1 aromatic rings. The lowest BCUT2D eigenvalue weighted by atomic mass is 9.79. The molecule has 116 valence electrons. The first-order chi connectivity index (χ1) is 10.2. The van der Waals surface area contributed by atoms with Gasteiger partial charge in [-0.05, 0) is 37.3 Å². The van der Waals surface area contributed by atoms with Crippen LogP contribution >= 0.6 is 11.6 Å². The van der Waals surface area contributed by atoms with Gasteiger partial charge in [-0.1, -0.05) is 29.8 Å². The van der Waals surface area contributed by atoms with E-state index in [1.807, 2.05) is 26.4 Å². The summed E-state index contributed by atoms with van der Waals surface area (Å²) >= 11 is 6.32. The predicted octanol–water partition coefficient (Wildman–Crippen LogP) is 3.50. The fraction of sp³-hybridized carbons (Fsp3) is 0.647. The van der Waals surface area contributed by atoms with Crippen LogP contribution in [-0.4, -0.2) is 43.4 Å². The maximum absolute atomic E-state index is 6.32. The number of hydrogen-bond acceptors (Lipinski definition) is 3. The molecule has 0 radical (unpaired) electrons. The standard InChI is InChI=1S/C17H24ClNO2/c1-20-14-7-8-17(21-2)9-10-19(16(17)11-14)12-13-5-3-4-6-15(13)18/h3-6,14,16H,7-12H2,1-2H3/t14-,16+,17-/m1/s1. The zero-order chi connectivity index (χ0) is 14.9. The Kier molecular flexibility index (Phi) is 4.55. The van der Waals surface area contributed by atoms with Crippen LogP contribution in [0, 0.1) is 0 Å². The number of halogens is 1. The second-order valence-electron chi connectivity index (χ2n) is 6.23. The van der Waals surface area contributed by atoms with Crippen molar-refractivity contribution in [1.29, 1.82) is 0 Å². The molecule has 4 heteroatoms. The molecule has 0 unspecified atom stereocenters. The molecule has 0 bridgehead atoms. The van der Waals surface area contributed by atoms with Crippen LogP contribution in [0.5, 0.6) is 0 Å². The molecular formula is C17H24ClNO2. The van der Waals surface area contributed by atoms with Crippen molar-refractivity contribution >= 4 is 11.6 Å². The number of hydrogen-bond donors (Lipinski definition) is 0. The molecule has 1 saturated carbocycles. The van der Waals surface area contributed by atoms with Crippen molar-refractivity contribution in [2.45, 2.75) is 50.0 Å². The number of nitrogens with zero attached hydrogens (tertiary/aromatic N) is 1. The van der Waals surface area contributed by atoms with Gasteiger partial charge in [0.15, 0.2) is 0 Å². The molecule has 1 aliphatic carbocycles. The van der Waals surface area contributed by atoms with E-state index in [0.717, 1.165) is 43.8 Å². The minimum atomic E-state index is 0.0102. The minimum Gasteiger partial charge on any atom is -0.381 e. The van der Waals surface area contributed by atoms with E-state index in [1.165, 1.54) is 5.56 Å². The molecule has 1 aliphatic heterocycles. The Balaban J connectivity index is 1.78. The van der Waals surface area contributed by atoms with Gasteiger partial charge in [0.2, 0.25) is 0 Å². The van der Waals surface area contributed by atoms with Gasteiger partial charge in [-0.15, -0.1) is 0 Å². The van der Waals surface area contributed by atoms with E-state index in [4.69, 9.17) is 21.1 Å². The summed E-state index contributed by atoms with van der Waals surface area (Å²) in [4.78, 5) is 2.52. The Morgan fingerprint density at radius 1 is 1.29 bits per heavy atom. The molecule has 2 fully saturated rings. The smallest absolute Gasteiger partial charge is 0.0847 e. The molecule has 1 aromatic carbocycles. The van der Waals surface area contributed by atoms with E-state index in [-0.39, 0.29) is 5.60 Å². The highest BCUT2D eigenvalue weighted by Crippen LogP contribution is 2.43. The Bertz CT molecular complexity index is 495. The van der Waals surface area contributed by atoms with Crippen LogP contribution in [-0.2, 0) is 16.0 Å². The van der Waals surface area contributed by atoms with Crippen molar-refractivity contribution in [2.75, 3.05) is 20.8 Å². The summed E-state index contributed by atoms with van der Waals surface area (Å²) in [6.45, 7) is 1.96. The molecule has 0 spiro atoms. The summed E-state index contributed by atoms with van der Waals surface area (Å²) in [6, 6.07) is 8.55. The summed E-state index contributed by atoms with van der Waals surface area (Å²) < 4.78 is 11.6. The SMILES string of the molecule is CO[C@@H]1CC[C@@]2(OC)CCN(Cc3ccccc3Cl)[C@H]2C1. The molecule has 2 aliphatic rings. The van der Waals surface area contributed by atoms with E-state index in [0.29, 0.717) is 12.1 Å². The van der Waals surface area contributed by atoms with E-state index >= 15 is 0 Å². The third-order valence-corrected chi connectivity index (χ3v) is 5.69. The van der Waals surface area contributed by atoms with Crippen LogP contribution in [0.4, 0.5) is 0 Å². The average molecular weight is 310 g/mol. The normalized spacial score (nSPS) is 33.1. The van der Waals surface area contributed by atoms with Crippen molar-refractivity contribution in [3.63, 3.8) is 0 Å². The maximum Gasteiger partial charge on any atom is 0.0847 e. The van der Waals surface area contributed by atoms with Gasteiger partial charge in [0.05, 0.1) is 11.7 Å². The predicted molar refractivity (Wildman–Crippen MR) is 84.7 cm³/mol. The Morgan fingerprint density at radius 3 is 2.81 bits per heavy atom.